The molecule has 0 saturated carbocycles. The van der Waals surface area contributed by atoms with Crippen LogP contribution in [0, 0.1) is 13.8 Å². The van der Waals surface area contributed by atoms with Crippen LogP contribution in [0.25, 0.3) is 0 Å². The third-order valence-electron chi connectivity index (χ3n) is 2.64. The highest BCUT2D eigenvalue weighted by molar-refractivity contribution is 5.77. The predicted octanol–water partition coefficient (Wildman–Crippen LogP) is 2.58. The molecule has 1 aromatic rings. The number of nitrogens with one attached hydrogen (secondary N) is 1. The summed E-state index contributed by atoms with van der Waals surface area (Å²) in [7, 11) is 0. The van der Waals surface area contributed by atoms with Crippen LogP contribution in [0.4, 0.5) is 5.69 Å². The van der Waals surface area contributed by atoms with Crippen LogP contribution in [0.5, 0.6) is 0 Å². The first kappa shape index (κ1) is 11.6. The number of hydrogen-bond acceptors (Lipinski definition) is 2. The van der Waals surface area contributed by atoms with Crippen LogP contribution in [-0.4, -0.2) is 17.1 Å². The van der Waals surface area contributed by atoms with E-state index >= 15 is 0 Å². The normalized spacial score (nSPS) is 12.2. The summed E-state index contributed by atoms with van der Waals surface area (Å²) in [6, 6.07) is 5.35. The van der Waals surface area contributed by atoms with Crippen molar-refractivity contribution in [3.05, 3.63) is 29.3 Å². The minimum atomic E-state index is -0.807. The summed E-state index contributed by atoms with van der Waals surface area (Å²) in [4.78, 5) is 10.9. The van der Waals surface area contributed by atoms with Gasteiger partial charge in [-0.3, -0.25) is 0 Å². The van der Waals surface area contributed by atoms with Crippen molar-refractivity contribution >= 4 is 11.7 Å². The lowest BCUT2D eigenvalue weighted by atomic mass is 10.1. The van der Waals surface area contributed by atoms with E-state index < -0.39 is 12.0 Å². The van der Waals surface area contributed by atoms with Crippen LogP contribution in [-0.2, 0) is 4.79 Å². The Labute approximate surface area is 90.1 Å². The van der Waals surface area contributed by atoms with Crippen LogP contribution in [0.3, 0.4) is 0 Å². The third kappa shape index (κ3) is 2.72. The van der Waals surface area contributed by atoms with Crippen molar-refractivity contribution in [2.24, 2.45) is 0 Å². The zero-order valence-corrected chi connectivity index (χ0v) is 9.37. The Morgan fingerprint density at radius 1 is 1.47 bits per heavy atom. The minimum absolute atomic E-state index is 0.509. The highest BCUT2D eigenvalue weighted by atomic mass is 16.4. The number of carbonyl (C=O) groups is 1. The van der Waals surface area contributed by atoms with E-state index in [-0.39, 0.29) is 0 Å². The molecule has 2 N–H and O–H groups in total. The van der Waals surface area contributed by atoms with E-state index in [1.54, 1.807) is 0 Å². The lowest BCUT2D eigenvalue weighted by Gasteiger charge is -2.16. The van der Waals surface area contributed by atoms with Gasteiger partial charge in [0.25, 0.3) is 0 Å². The molecule has 0 saturated heterocycles. The number of hydrogen-bond donors (Lipinski definition) is 2. The maximum absolute atomic E-state index is 10.9. The molecule has 0 spiro atoms. The Balaban J connectivity index is 2.88. The Morgan fingerprint density at radius 3 is 2.67 bits per heavy atom. The Hall–Kier alpha value is -1.51. The number of anilines is 1. The second-order valence-electron chi connectivity index (χ2n) is 3.69. The van der Waals surface area contributed by atoms with Gasteiger partial charge in [-0.15, -0.1) is 0 Å². The first-order valence-electron chi connectivity index (χ1n) is 5.11. The number of carboxylic acids is 1. The molecule has 0 radical (unpaired) electrons. The number of benzene rings is 1. The fraction of sp³-hybridized carbons (Fsp3) is 0.417. The van der Waals surface area contributed by atoms with Crippen molar-refractivity contribution in [1.29, 1.82) is 0 Å². The number of aryl methyl sites for hydroxylation is 1. The molecule has 0 fully saturated rings. The molecule has 0 aliphatic heterocycles. The molecular formula is C12H17NO2. The van der Waals surface area contributed by atoms with E-state index in [4.69, 9.17) is 5.11 Å². The van der Waals surface area contributed by atoms with Gasteiger partial charge in [-0.2, -0.15) is 0 Å². The fourth-order valence-electron chi connectivity index (χ4n) is 1.43. The van der Waals surface area contributed by atoms with Gasteiger partial charge in [0.1, 0.15) is 6.04 Å². The molecule has 0 aliphatic rings. The van der Waals surface area contributed by atoms with Crippen LogP contribution in [0.2, 0.25) is 0 Å². The highest BCUT2D eigenvalue weighted by Gasteiger charge is 2.15. The van der Waals surface area contributed by atoms with E-state index in [0.717, 1.165) is 11.3 Å². The van der Waals surface area contributed by atoms with Crippen molar-refractivity contribution in [3.8, 4) is 0 Å². The second kappa shape index (κ2) is 4.82. The molecule has 1 rings (SSSR count). The lowest BCUT2D eigenvalue weighted by molar-refractivity contribution is -0.137. The van der Waals surface area contributed by atoms with Crippen LogP contribution >= 0.6 is 0 Å². The summed E-state index contributed by atoms with van der Waals surface area (Å²) in [5.74, 6) is -0.807. The van der Waals surface area contributed by atoms with Crippen LogP contribution < -0.4 is 5.32 Å². The standard InChI is InChI=1S/C12H17NO2/c1-4-10(12(14)15)13-11-7-5-6-8(2)9(11)3/h5-7,10,13H,4H2,1-3H3,(H,14,15). The summed E-state index contributed by atoms with van der Waals surface area (Å²) >= 11 is 0. The second-order valence-corrected chi connectivity index (χ2v) is 3.69. The summed E-state index contributed by atoms with van der Waals surface area (Å²) in [6.45, 7) is 5.87. The van der Waals surface area contributed by atoms with Crippen LogP contribution in [0.15, 0.2) is 18.2 Å². The third-order valence-corrected chi connectivity index (χ3v) is 2.64. The molecule has 3 heteroatoms. The molecule has 0 heterocycles. The monoisotopic (exact) mass is 207 g/mol. The maximum Gasteiger partial charge on any atom is 0.326 e. The molecule has 0 bridgehead atoms. The zero-order chi connectivity index (χ0) is 11.4. The first-order valence-corrected chi connectivity index (χ1v) is 5.11. The Kier molecular flexibility index (Phi) is 3.72. The van der Waals surface area contributed by atoms with Crippen molar-refractivity contribution in [1.82, 2.24) is 0 Å². The zero-order valence-electron chi connectivity index (χ0n) is 9.37. The van der Waals surface area contributed by atoms with E-state index in [9.17, 15) is 4.79 Å². The molecule has 3 nitrogen and oxygen atoms in total. The smallest absolute Gasteiger partial charge is 0.326 e. The Morgan fingerprint density at radius 2 is 2.13 bits per heavy atom. The van der Waals surface area contributed by atoms with Gasteiger partial charge in [-0.25, -0.2) is 4.79 Å². The van der Waals surface area contributed by atoms with E-state index in [1.165, 1.54) is 5.56 Å². The van der Waals surface area contributed by atoms with Gasteiger partial charge in [0.05, 0.1) is 0 Å². The SMILES string of the molecule is CCC(Nc1cccc(C)c1C)C(=O)O. The number of carboxylic acid groups (broad SMARTS) is 1. The van der Waals surface area contributed by atoms with Gasteiger partial charge >= 0.3 is 5.97 Å². The molecule has 15 heavy (non-hydrogen) atoms. The van der Waals surface area contributed by atoms with Crippen molar-refractivity contribution in [2.75, 3.05) is 5.32 Å². The van der Waals surface area contributed by atoms with E-state index in [1.807, 2.05) is 39.0 Å². The van der Waals surface area contributed by atoms with Gasteiger partial charge in [-0.05, 0) is 37.5 Å². The molecule has 1 aromatic carbocycles. The fourth-order valence-corrected chi connectivity index (χ4v) is 1.43. The minimum Gasteiger partial charge on any atom is -0.480 e. The topological polar surface area (TPSA) is 49.3 Å². The van der Waals surface area contributed by atoms with Crippen molar-refractivity contribution in [2.45, 2.75) is 33.2 Å². The largest absolute Gasteiger partial charge is 0.480 e. The summed E-state index contributed by atoms with van der Waals surface area (Å²) in [5, 5.41) is 12.0. The van der Waals surface area contributed by atoms with Gasteiger partial charge < -0.3 is 10.4 Å². The summed E-state index contributed by atoms with van der Waals surface area (Å²) in [5.41, 5.74) is 3.18. The van der Waals surface area contributed by atoms with Gasteiger partial charge in [0, 0.05) is 5.69 Å². The number of rotatable bonds is 4. The van der Waals surface area contributed by atoms with E-state index in [2.05, 4.69) is 5.32 Å². The average Bonchev–Trinajstić information content (AvgIpc) is 2.19. The molecular weight excluding hydrogens is 190 g/mol. The molecule has 0 aliphatic carbocycles. The summed E-state index contributed by atoms with van der Waals surface area (Å²) in [6.07, 6.45) is 0.572. The molecule has 0 amide bonds. The van der Waals surface area contributed by atoms with Crippen molar-refractivity contribution < 1.29 is 9.90 Å². The molecule has 1 atom stereocenters. The molecule has 82 valence electrons. The summed E-state index contributed by atoms with van der Waals surface area (Å²) < 4.78 is 0. The Bertz CT molecular complexity index is 361. The lowest BCUT2D eigenvalue weighted by Crippen LogP contribution is -2.28. The average molecular weight is 207 g/mol. The van der Waals surface area contributed by atoms with Crippen molar-refractivity contribution in [3.63, 3.8) is 0 Å². The first-order chi connectivity index (χ1) is 7.06. The predicted molar refractivity (Wildman–Crippen MR) is 61.3 cm³/mol. The molecule has 0 aromatic heterocycles. The van der Waals surface area contributed by atoms with Crippen LogP contribution in [0.1, 0.15) is 24.5 Å². The van der Waals surface area contributed by atoms with E-state index in [0.29, 0.717) is 6.42 Å². The quantitative estimate of drug-likeness (QED) is 0.797. The van der Waals surface area contributed by atoms with Gasteiger partial charge in [0.2, 0.25) is 0 Å². The van der Waals surface area contributed by atoms with Gasteiger partial charge in [0.15, 0.2) is 0 Å². The number of aliphatic carboxylic acids is 1. The molecule has 1 unspecified atom stereocenters. The highest BCUT2D eigenvalue weighted by Crippen LogP contribution is 2.19. The van der Waals surface area contributed by atoms with Gasteiger partial charge in [-0.1, -0.05) is 19.1 Å². The maximum atomic E-state index is 10.9.